The molecule has 1 aromatic rings. The van der Waals surface area contributed by atoms with Crippen LogP contribution < -0.4 is 20.1 Å². The highest BCUT2D eigenvalue weighted by molar-refractivity contribution is 7.98. The lowest BCUT2D eigenvalue weighted by atomic mass is 10.2. The highest BCUT2D eigenvalue weighted by Crippen LogP contribution is 2.32. The molecule has 6 heteroatoms. The third-order valence-electron chi connectivity index (χ3n) is 2.80. The van der Waals surface area contributed by atoms with Gasteiger partial charge in [-0.2, -0.15) is 11.8 Å². The average molecular weight is 295 g/mol. The second-order valence-corrected chi connectivity index (χ2v) is 5.29. The number of aliphatic imine (C=N–C) groups is 1. The summed E-state index contributed by atoms with van der Waals surface area (Å²) in [5.41, 5.74) is 1.11. The van der Waals surface area contributed by atoms with E-state index in [1.54, 1.807) is 0 Å². The molecule has 0 radical (unpaired) electrons. The molecule has 0 spiro atoms. The molecule has 1 aliphatic rings. The number of fused-ring (bicyclic) bond motifs is 1. The number of thioether (sulfide) groups is 1. The van der Waals surface area contributed by atoms with Gasteiger partial charge in [-0.1, -0.05) is 6.07 Å². The van der Waals surface area contributed by atoms with Crippen molar-refractivity contribution in [2.45, 2.75) is 13.5 Å². The highest BCUT2D eigenvalue weighted by atomic mass is 32.2. The Balaban J connectivity index is 1.93. The number of ether oxygens (including phenoxy) is 2. The van der Waals surface area contributed by atoms with Crippen LogP contribution in [-0.4, -0.2) is 37.9 Å². The quantitative estimate of drug-likeness (QED) is 0.476. The fourth-order valence-electron chi connectivity index (χ4n) is 1.82. The van der Waals surface area contributed by atoms with Gasteiger partial charge in [0.25, 0.3) is 0 Å². The van der Waals surface area contributed by atoms with E-state index in [1.807, 2.05) is 30.0 Å². The van der Waals surface area contributed by atoms with Crippen molar-refractivity contribution < 1.29 is 9.47 Å². The van der Waals surface area contributed by atoms with Crippen molar-refractivity contribution >= 4 is 17.7 Å². The lowest BCUT2D eigenvalue weighted by molar-refractivity contribution is 0.174. The molecule has 2 rings (SSSR count). The summed E-state index contributed by atoms with van der Waals surface area (Å²) in [5.74, 6) is 3.52. The van der Waals surface area contributed by atoms with Crippen LogP contribution in [-0.2, 0) is 6.54 Å². The molecule has 110 valence electrons. The van der Waals surface area contributed by atoms with Crippen LogP contribution in [0.3, 0.4) is 0 Å². The minimum Gasteiger partial charge on any atom is -0.454 e. The summed E-state index contributed by atoms with van der Waals surface area (Å²) in [6.45, 7) is 4.75. The molecule has 5 nitrogen and oxygen atoms in total. The number of hydrogen-bond donors (Lipinski definition) is 2. The Kier molecular flexibility index (Phi) is 5.86. The summed E-state index contributed by atoms with van der Waals surface area (Å²) in [4.78, 5) is 4.57. The van der Waals surface area contributed by atoms with Gasteiger partial charge < -0.3 is 20.1 Å². The first-order chi connectivity index (χ1) is 9.83. The smallest absolute Gasteiger partial charge is 0.231 e. The lowest BCUT2D eigenvalue weighted by Gasteiger charge is -2.10. The summed E-state index contributed by atoms with van der Waals surface area (Å²) in [6, 6.07) is 5.93. The fourth-order valence-corrected chi connectivity index (χ4v) is 2.13. The molecule has 1 heterocycles. The third kappa shape index (κ3) is 4.23. The number of rotatable bonds is 6. The van der Waals surface area contributed by atoms with E-state index >= 15 is 0 Å². The van der Waals surface area contributed by atoms with Crippen LogP contribution in [0.5, 0.6) is 11.5 Å². The van der Waals surface area contributed by atoms with Crippen LogP contribution in [0.1, 0.15) is 12.5 Å². The SMILES string of the molecule is CCNC(=NCc1ccc2c(c1)OCO2)NCCSC. The molecular weight excluding hydrogens is 274 g/mol. The van der Waals surface area contributed by atoms with Gasteiger partial charge in [-0.15, -0.1) is 0 Å². The minimum atomic E-state index is 0.306. The van der Waals surface area contributed by atoms with E-state index < -0.39 is 0 Å². The molecule has 1 aliphatic heterocycles. The van der Waals surface area contributed by atoms with Crippen LogP contribution in [0.4, 0.5) is 0 Å². The number of benzene rings is 1. The van der Waals surface area contributed by atoms with E-state index in [-0.39, 0.29) is 0 Å². The first-order valence-electron chi connectivity index (χ1n) is 6.73. The molecule has 0 aliphatic carbocycles. The normalized spacial score (nSPS) is 13.4. The van der Waals surface area contributed by atoms with Gasteiger partial charge in [-0.3, -0.25) is 0 Å². The van der Waals surface area contributed by atoms with Crippen LogP contribution in [0.15, 0.2) is 23.2 Å². The standard InChI is InChI=1S/C14H21N3O2S/c1-3-15-14(16-6-7-20-2)17-9-11-4-5-12-13(8-11)19-10-18-12/h4-5,8H,3,6-7,9-10H2,1-2H3,(H2,15,16,17). The zero-order chi connectivity index (χ0) is 14.2. The molecule has 2 N–H and O–H groups in total. The van der Waals surface area contributed by atoms with E-state index in [4.69, 9.17) is 9.47 Å². The second kappa shape index (κ2) is 7.89. The summed E-state index contributed by atoms with van der Waals surface area (Å²) >= 11 is 1.81. The molecule has 0 saturated heterocycles. The Hall–Kier alpha value is -1.56. The van der Waals surface area contributed by atoms with Gasteiger partial charge in [-0.05, 0) is 30.9 Å². The monoisotopic (exact) mass is 295 g/mol. The second-order valence-electron chi connectivity index (χ2n) is 4.30. The maximum atomic E-state index is 5.37. The van der Waals surface area contributed by atoms with E-state index in [0.29, 0.717) is 13.3 Å². The van der Waals surface area contributed by atoms with Crippen LogP contribution in [0.2, 0.25) is 0 Å². The van der Waals surface area contributed by atoms with Crippen molar-refractivity contribution in [3.8, 4) is 11.5 Å². The minimum absolute atomic E-state index is 0.306. The number of nitrogens with one attached hydrogen (secondary N) is 2. The van der Waals surface area contributed by atoms with E-state index in [9.17, 15) is 0 Å². The summed E-state index contributed by atoms with van der Waals surface area (Å²) in [6.07, 6.45) is 2.10. The van der Waals surface area contributed by atoms with Gasteiger partial charge in [0.15, 0.2) is 17.5 Å². The van der Waals surface area contributed by atoms with Gasteiger partial charge in [0.2, 0.25) is 6.79 Å². The Bertz CT molecular complexity index is 466. The Morgan fingerprint density at radius 3 is 2.95 bits per heavy atom. The lowest BCUT2D eigenvalue weighted by Crippen LogP contribution is -2.38. The fraction of sp³-hybridized carbons (Fsp3) is 0.500. The van der Waals surface area contributed by atoms with Crippen LogP contribution in [0, 0.1) is 0 Å². The molecular formula is C14H21N3O2S. The summed E-state index contributed by atoms with van der Waals surface area (Å²) in [7, 11) is 0. The molecule has 0 aromatic heterocycles. The van der Waals surface area contributed by atoms with Crippen molar-refractivity contribution in [2.24, 2.45) is 4.99 Å². The first kappa shape index (κ1) is 14.8. The largest absolute Gasteiger partial charge is 0.454 e. The molecule has 0 fully saturated rings. The average Bonchev–Trinajstić information content (AvgIpc) is 2.92. The highest BCUT2D eigenvalue weighted by Gasteiger charge is 2.12. The molecule has 0 amide bonds. The third-order valence-corrected chi connectivity index (χ3v) is 3.41. The number of nitrogens with zero attached hydrogens (tertiary/aromatic N) is 1. The van der Waals surface area contributed by atoms with Gasteiger partial charge in [0, 0.05) is 18.8 Å². The van der Waals surface area contributed by atoms with E-state index in [0.717, 1.165) is 41.9 Å². The zero-order valence-electron chi connectivity index (χ0n) is 11.9. The van der Waals surface area contributed by atoms with E-state index in [1.165, 1.54) is 0 Å². The molecule has 0 atom stereocenters. The number of guanidine groups is 1. The Labute approximate surface area is 124 Å². The van der Waals surface area contributed by atoms with Crippen molar-refractivity contribution in [2.75, 3.05) is 31.9 Å². The van der Waals surface area contributed by atoms with Gasteiger partial charge >= 0.3 is 0 Å². The summed E-state index contributed by atoms with van der Waals surface area (Å²) in [5, 5.41) is 6.54. The molecule has 0 bridgehead atoms. The van der Waals surface area contributed by atoms with Gasteiger partial charge in [-0.25, -0.2) is 4.99 Å². The van der Waals surface area contributed by atoms with Crippen molar-refractivity contribution in [3.63, 3.8) is 0 Å². The predicted octanol–water partition coefficient (Wildman–Crippen LogP) is 1.83. The number of hydrogen-bond acceptors (Lipinski definition) is 4. The maximum absolute atomic E-state index is 5.37. The maximum Gasteiger partial charge on any atom is 0.231 e. The predicted molar refractivity (Wildman–Crippen MR) is 83.8 cm³/mol. The zero-order valence-corrected chi connectivity index (χ0v) is 12.8. The molecule has 20 heavy (non-hydrogen) atoms. The molecule has 1 aromatic carbocycles. The Morgan fingerprint density at radius 2 is 2.15 bits per heavy atom. The van der Waals surface area contributed by atoms with Crippen LogP contribution >= 0.6 is 11.8 Å². The van der Waals surface area contributed by atoms with Crippen molar-refractivity contribution in [3.05, 3.63) is 23.8 Å². The summed E-state index contributed by atoms with van der Waals surface area (Å²) < 4.78 is 10.7. The van der Waals surface area contributed by atoms with Crippen molar-refractivity contribution in [1.29, 1.82) is 0 Å². The van der Waals surface area contributed by atoms with Crippen LogP contribution in [0.25, 0.3) is 0 Å². The van der Waals surface area contributed by atoms with Crippen molar-refractivity contribution in [1.82, 2.24) is 10.6 Å². The molecule has 0 unspecified atom stereocenters. The van der Waals surface area contributed by atoms with Gasteiger partial charge in [0.05, 0.1) is 6.54 Å². The van der Waals surface area contributed by atoms with E-state index in [2.05, 4.69) is 28.8 Å². The first-order valence-corrected chi connectivity index (χ1v) is 8.12. The van der Waals surface area contributed by atoms with Gasteiger partial charge in [0.1, 0.15) is 0 Å². The Morgan fingerprint density at radius 1 is 1.30 bits per heavy atom. The molecule has 0 saturated carbocycles. The topological polar surface area (TPSA) is 54.9 Å².